The largest absolute Gasteiger partial charge is 0.351 e. The van der Waals surface area contributed by atoms with E-state index in [1.165, 1.54) is 4.88 Å². The standard InChI is InChI=1S/C11H16BrN3OS/c12-9-6-10(17-8-9)7-14-2-1-3-15(5-4-14)11(13)16/h6,8H,1-5,7H2,(H2,13,16). The van der Waals surface area contributed by atoms with Crippen LogP contribution < -0.4 is 5.73 Å². The van der Waals surface area contributed by atoms with Gasteiger partial charge in [0.1, 0.15) is 0 Å². The first-order valence-corrected chi connectivity index (χ1v) is 7.32. The Bertz CT molecular complexity index is 396. The van der Waals surface area contributed by atoms with Crippen molar-refractivity contribution in [2.24, 2.45) is 5.73 Å². The lowest BCUT2D eigenvalue weighted by molar-refractivity contribution is 0.207. The van der Waals surface area contributed by atoms with E-state index < -0.39 is 0 Å². The predicted molar refractivity (Wildman–Crippen MR) is 73.1 cm³/mol. The zero-order valence-corrected chi connectivity index (χ0v) is 12.0. The molecule has 1 aliphatic heterocycles. The molecule has 6 heteroatoms. The number of primary amides is 1. The second kappa shape index (κ2) is 5.84. The van der Waals surface area contributed by atoms with Crippen LogP contribution in [0.25, 0.3) is 0 Å². The number of nitrogens with two attached hydrogens (primary N) is 1. The van der Waals surface area contributed by atoms with E-state index in [1.54, 1.807) is 16.2 Å². The van der Waals surface area contributed by atoms with Gasteiger partial charge in [-0.2, -0.15) is 0 Å². The highest BCUT2D eigenvalue weighted by molar-refractivity contribution is 9.10. The molecule has 0 aromatic carbocycles. The van der Waals surface area contributed by atoms with Crippen LogP contribution in [0, 0.1) is 0 Å². The minimum atomic E-state index is -0.300. The maximum absolute atomic E-state index is 11.1. The Morgan fingerprint density at radius 3 is 2.88 bits per heavy atom. The highest BCUT2D eigenvalue weighted by Crippen LogP contribution is 2.21. The molecule has 2 heterocycles. The quantitative estimate of drug-likeness (QED) is 0.908. The molecule has 0 unspecified atom stereocenters. The number of hydrogen-bond donors (Lipinski definition) is 1. The third kappa shape index (κ3) is 3.69. The molecule has 17 heavy (non-hydrogen) atoms. The van der Waals surface area contributed by atoms with E-state index in [0.717, 1.165) is 43.6 Å². The van der Waals surface area contributed by atoms with Crippen molar-refractivity contribution < 1.29 is 4.79 Å². The fraction of sp³-hybridized carbons (Fsp3) is 0.545. The van der Waals surface area contributed by atoms with Crippen molar-refractivity contribution in [3.8, 4) is 0 Å². The zero-order chi connectivity index (χ0) is 12.3. The van der Waals surface area contributed by atoms with Crippen molar-refractivity contribution in [3.63, 3.8) is 0 Å². The Hall–Kier alpha value is -0.590. The highest BCUT2D eigenvalue weighted by atomic mass is 79.9. The average molecular weight is 318 g/mol. The number of carbonyl (C=O) groups is 1. The van der Waals surface area contributed by atoms with Gasteiger partial charge in [-0.25, -0.2) is 4.79 Å². The number of rotatable bonds is 2. The summed E-state index contributed by atoms with van der Waals surface area (Å²) in [6.45, 7) is 4.41. The number of thiophene rings is 1. The second-order valence-corrected chi connectivity index (χ2v) is 6.10. The Labute approximate surface area is 114 Å². The smallest absolute Gasteiger partial charge is 0.314 e. The highest BCUT2D eigenvalue weighted by Gasteiger charge is 2.17. The van der Waals surface area contributed by atoms with Gasteiger partial charge in [0.15, 0.2) is 0 Å². The number of hydrogen-bond acceptors (Lipinski definition) is 3. The van der Waals surface area contributed by atoms with Gasteiger partial charge in [0.25, 0.3) is 0 Å². The number of amides is 2. The summed E-state index contributed by atoms with van der Waals surface area (Å²) in [6.07, 6.45) is 0.996. The van der Waals surface area contributed by atoms with Crippen molar-refractivity contribution in [2.75, 3.05) is 26.2 Å². The maximum atomic E-state index is 11.1. The number of carbonyl (C=O) groups excluding carboxylic acids is 1. The molecule has 1 fully saturated rings. The van der Waals surface area contributed by atoms with E-state index in [-0.39, 0.29) is 6.03 Å². The molecule has 2 N–H and O–H groups in total. The van der Waals surface area contributed by atoms with E-state index in [0.29, 0.717) is 0 Å². The Morgan fingerprint density at radius 1 is 1.41 bits per heavy atom. The van der Waals surface area contributed by atoms with Gasteiger partial charge in [-0.05, 0) is 28.4 Å². The topological polar surface area (TPSA) is 49.6 Å². The van der Waals surface area contributed by atoms with E-state index >= 15 is 0 Å². The molecule has 2 rings (SSSR count). The van der Waals surface area contributed by atoms with Crippen LogP contribution >= 0.6 is 27.3 Å². The summed E-state index contributed by atoms with van der Waals surface area (Å²) in [4.78, 5) is 16.6. The van der Waals surface area contributed by atoms with Gasteiger partial charge in [-0.15, -0.1) is 11.3 Å². The van der Waals surface area contributed by atoms with Crippen LogP contribution in [0.5, 0.6) is 0 Å². The minimum Gasteiger partial charge on any atom is -0.351 e. The Morgan fingerprint density at radius 2 is 2.24 bits per heavy atom. The van der Waals surface area contributed by atoms with Crippen molar-refractivity contribution in [2.45, 2.75) is 13.0 Å². The lowest BCUT2D eigenvalue weighted by atomic mass is 10.3. The van der Waals surface area contributed by atoms with Crippen molar-refractivity contribution in [3.05, 3.63) is 20.8 Å². The third-order valence-electron chi connectivity index (χ3n) is 2.90. The van der Waals surface area contributed by atoms with Crippen LogP contribution in [0.4, 0.5) is 4.79 Å². The summed E-state index contributed by atoms with van der Waals surface area (Å²) in [5.41, 5.74) is 5.30. The van der Waals surface area contributed by atoms with Gasteiger partial charge in [-0.3, -0.25) is 4.90 Å². The number of nitrogens with zero attached hydrogens (tertiary/aromatic N) is 2. The van der Waals surface area contributed by atoms with Crippen LogP contribution in [0.1, 0.15) is 11.3 Å². The first-order chi connectivity index (χ1) is 8.15. The molecular formula is C11H16BrN3OS. The van der Waals surface area contributed by atoms with Crippen LogP contribution in [0.2, 0.25) is 0 Å². The van der Waals surface area contributed by atoms with Crippen LogP contribution in [0.3, 0.4) is 0 Å². The summed E-state index contributed by atoms with van der Waals surface area (Å²) in [5, 5.41) is 2.10. The molecule has 0 radical (unpaired) electrons. The van der Waals surface area contributed by atoms with Gasteiger partial charge in [-0.1, -0.05) is 0 Å². The van der Waals surface area contributed by atoms with E-state index in [4.69, 9.17) is 5.73 Å². The average Bonchev–Trinajstić information content (AvgIpc) is 2.54. The van der Waals surface area contributed by atoms with Gasteiger partial charge in [0.2, 0.25) is 0 Å². The van der Waals surface area contributed by atoms with Gasteiger partial charge < -0.3 is 10.6 Å². The van der Waals surface area contributed by atoms with E-state index in [9.17, 15) is 4.79 Å². The Kier molecular flexibility index (Phi) is 4.42. The summed E-state index contributed by atoms with van der Waals surface area (Å²) < 4.78 is 1.14. The molecular weight excluding hydrogens is 302 g/mol. The summed E-state index contributed by atoms with van der Waals surface area (Å²) in [7, 11) is 0. The normalized spacial score (nSPS) is 18.1. The summed E-state index contributed by atoms with van der Waals surface area (Å²) in [5.74, 6) is 0. The zero-order valence-electron chi connectivity index (χ0n) is 9.56. The monoisotopic (exact) mass is 317 g/mol. The number of urea groups is 1. The Balaban J connectivity index is 1.88. The van der Waals surface area contributed by atoms with Gasteiger partial charge in [0, 0.05) is 47.5 Å². The lowest BCUT2D eigenvalue weighted by Gasteiger charge is -2.19. The molecule has 2 amide bonds. The molecule has 0 saturated carbocycles. The van der Waals surface area contributed by atoms with Crippen LogP contribution in [0.15, 0.2) is 15.9 Å². The molecule has 0 spiro atoms. The molecule has 0 atom stereocenters. The molecule has 1 aromatic heterocycles. The van der Waals surface area contributed by atoms with Crippen LogP contribution in [-0.4, -0.2) is 42.0 Å². The molecule has 4 nitrogen and oxygen atoms in total. The molecule has 1 saturated heterocycles. The van der Waals surface area contributed by atoms with Gasteiger partial charge >= 0.3 is 6.03 Å². The maximum Gasteiger partial charge on any atom is 0.314 e. The SMILES string of the molecule is NC(=O)N1CCCN(Cc2cc(Br)cs2)CC1. The predicted octanol–water partition coefficient (Wildman–Crippen LogP) is 2.10. The first kappa shape index (κ1) is 12.9. The summed E-state index contributed by atoms with van der Waals surface area (Å²) >= 11 is 5.23. The van der Waals surface area contributed by atoms with Crippen molar-refractivity contribution in [1.82, 2.24) is 9.80 Å². The fourth-order valence-electron chi connectivity index (χ4n) is 2.01. The fourth-order valence-corrected chi connectivity index (χ4v) is 3.50. The van der Waals surface area contributed by atoms with Gasteiger partial charge in [0.05, 0.1) is 0 Å². The molecule has 1 aromatic rings. The molecule has 1 aliphatic rings. The molecule has 0 aliphatic carbocycles. The molecule has 0 bridgehead atoms. The summed E-state index contributed by atoms with van der Waals surface area (Å²) in [6, 6.07) is 1.85. The lowest BCUT2D eigenvalue weighted by Crippen LogP contribution is -2.38. The third-order valence-corrected chi connectivity index (χ3v) is 4.58. The second-order valence-electron chi connectivity index (χ2n) is 4.19. The van der Waals surface area contributed by atoms with Crippen molar-refractivity contribution >= 4 is 33.3 Å². The van der Waals surface area contributed by atoms with Crippen LogP contribution in [-0.2, 0) is 6.54 Å². The molecule has 94 valence electrons. The van der Waals surface area contributed by atoms with Crippen molar-refractivity contribution in [1.29, 1.82) is 0 Å². The van der Waals surface area contributed by atoms with E-state index in [1.807, 2.05) is 0 Å². The number of halogens is 1. The minimum absolute atomic E-state index is 0.300. The van der Waals surface area contributed by atoms with E-state index in [2.05, 4.69) is 32.3 Å². The first-order valence-electron chi connectivity index (χ1n) is 5.65.